The fraction of sp³-hybridized carbons (Fsp3) is 0.333. The van der Waals surface area contributed by atoms with E-state index < -0.39 is 0 Å². The van der Waals surface area contributed by atoms with Crippen LogP contribution in [0, 0.1) is 0 Å². The maximum absolute atomic E-state index is 12.6. The van der Waals surface area contributed by atoms with Crippen LogP contribution in [0.1, 0.15) is 17.7 Å². The van der Waals surface area contributed by atoms with Crippen LogP contribution in [0.25, 0.3) is 0 Å². The van der Waals surface area contributed by atoms with Gasteiger partial charge in [0.05, 0.1) is 29.8 Å². The Kier molecular flexibility index (Phi) is 6.53. The summed E-state index contributed by atoms with van der Waals surface area (Å²) in [6.07, 6.45) is 1.59. The number of hydrogen-bond donors (Lipinski definition) is 2. The Bertz CT molecular complexity index is 783. The zero-order chi connectivity index (χ0) is 18.5. The minimum atomic E-state index is -0.350. The molecule has 0 bridgehead atoms. The van der Waals surface area contributed by atoms with E-state index in [0.29, 0.717) is 35.2 Å². The van der Waals surface area contributed by atoms with Crippen LogP contribution in [0.3, 0.4) is 0 Å². The van der Waals surface area contributed by atoms with Crippen molar-refractivity contribution in [2.45, 2.75) is 25.4 Å². The van der Waals surface area contributed by atoms with Gasteiger partial charge in [-0.05, 0) is 49.0 Å². The Morgan fingerprint density at radius 2 is 2.12 bits per heavy atom. The Hall–Kier alpha value is -1.60. The maximum Gasteiger partial charge on any atom is 0.241 e. The van der Waals surface area contributed by atoms with Crippen molar-refractivity contribution < 1.29 is 9.59 Å². The number of anilines is 1. The number of carbonyl (C=O) groups excluding carboxylic acids is 2. The molecule has 0 unspecified atom stereocenters. The third-order valence-corrected chi connectivity index (χ3v) is 5.68. The molecular formula is C18H19Cl2N3O2S. The van der Waals surface area contributed by atoms with Gasteiger partial charge in [-0.1, -0.05) is 29.3 Å². The van der Waals surface area contributed by atoms with E-state index in [9.17, 15) is 9.59 Å². The van der Waals surface area contributed by atoms with Crippen molar-refractivity contribution in [2.75, 3.05) is 18.4 Å². The highest BCUT2D eigenvalue weighted by Crippen LogP contribution is 2.27. The predicted octanol–water partition coefficient (Wildman–Crippen LogP) is 3.77. The molecule has 1 atom stereocenters. The van der Waals surface area contributed by atoms with Gasteiger partial charge >= 0.3 is 0 Å². The van der Waals surface area contributed by atoms with Crippen molar-refractivity contribution in [2.24, 2.45) is 0 Å². The van der Waals surface area contributed by atoms with Crippen molar-refractivity contribution in [1.29, 1.82) is 0 Å². The number of rotatable bonds is 6. The van der Waals surface area contributed by atoms with Crippen LogP contribution in [0.15, 0.2) is 35.7 Å². The Labute approximate surface area is 166 Å². The fourth-order valence-electron chi connectivity index (χ4n) is 2.96. The number of hydrogen-bond acceptors (Lipinski definition) is 4. The molecule has 0 radical (unpaired) electrons. The molecule has 2 aromatic rings. The first-order valence-electron chi connectivity index (χ1n) is 8.32. The normalized spacial score (nSPS) is 17.2. The quantitative estimate of drug-likeness (QED) is 0.759. The summed E-state index contributed by atoms with van der Waals surface area (Å²) in [5, 5.41) is 8.63. The van der Waals surface area contributed by atoms with E-state index in [1.54, 1.807) is 29.5 Å². The van der Waals surface area contributed by atoms with Crippen molar-refractivity contribution in [3.63, 3.8) is 0 Å². The predicted molar refractivity (Wildman–Crippen MR) is 106 cm³/mol. The highest BCUT2D eigenvalue weighted by molar-refractivity contribution is 7.09. The van der Waals surface area contributed by atoms with Crippen LogP contribution in [-0.4, -0.2) is 35.8 Å². The molecule has 2 heterocycles. The van der Waals surface area contributed by atoms with Crippen LogP contribution in [-0.2, 0) is 16.1 Å². The molecule has 0 saturated carbocycles. The third kappa shape index (κ3) is 4.98. The van der Waals surface area contributed by atoms with Crippen LogP contribution in [0.5, 0.6) is 0 Å². The SMILES string of the molecule is O=C(CN1CCC[C@H]1C(=O)Nc1cc(Cl)ccc1Cl)NCc1cccs1. The fourth-order valence-corrected chi connectivity index (χ4v) is 3.94. The molecule has 1 saturated heterocycles. The van der Waals surface area contributed by atoms with E-state index >= 15 is 0 Å². The largest absolute Gasteiger partial charge is 0.350 e. The molecule has 0 spiro atoms. The summed E-state index contributed by atoms with van der Waals surface area (Å²) in [6.45, 7) is 1.43. The molecule has 1 aliphatic heterocycles. The smallest absolute Gasteiger partial charge is 0.241 e. The summed E-state index contributed by atoms with van der Waals surface area (Å²) in [4.78, 5) is 27.8. The molecule has 8 heteroatoms. The molecule has 5 nitrogen and oxygen atoms in total. The second kappa shape index (κ2) is 8.86. The monoisotopic (exact) mass is 411 g/mol. The summed E-state index contributed by atoms with van der Waals surface area (Å²) >= 11 is 13.7. The average molecular weight is 412 g/mol. The molecule has 1 aliphatic rings. The van der Waals surface area contributed by atoms with Crippen molar-refractivity contribution >= 4 is 52.0 Å². The standard InChI is InChI=1S/C18H19Cl2N3O2S/c19-12-5-6-14(20)15(9-12)22-18(25)16-4-1-7-23(16)11-17(24)21-10-13-3-2-8-26-13/h2-3,5-6,8-9,16H,1,4,7,10-11H2,(H,21,24)(H,22,25)/t16-/m0/s1. The van der Waals surface area contributed by atoms with Gasteiger partial charge in [0.25, 0.3) is 0 Å². The van der Waals surface area contributed by atoms with Gasteiger partial charge in [0.15, 0.2) is 0 Å². The van der Waals surface area contributed by atoms with E-state index in [2.05, 4.69) is 10.6 Å². The van der Waals surface area contributed by atoms with E-state index in [-0.39, 0.29) is 24.4 Å². The lowest BCUT2D eigenvalue weighted by molar-refractivity contribution is -0.124. The average Bonchev–Trinajstić information content (AvgIpc) is 3.28. The van der Waals surface area contributed by atoms with Crippen LogP contribution >= 0.6 is 34.5 Å². The van der Waals surface area contributed by atoms with Crippen molar-refractivity contribution in [1.82, 2.24) is 10.2 Å². The summed E-state index contributed by atoms with van der Waals surface area (Å²) in [6, 6.07) is 8.51. The molecule has 1 aromatic heterocycles. The zero-order valence-corrected chi connectivity index (χ0v) is 16.3. The lowest BCUT2D eigenvalue weighted by Gasteiger charge is -2.23. The number of thiophene rings is 1. The summed E-state index contributed by atoms with van der Waals surface area (Å²) < 4.78 is 0. The van der Waals surface area contributed by atoms with Crippen molar-refractivity contribution in [3.05, 3.63) is 50.6 Å². The number of carbonyl (C=O) groups is 2. The number of nitrogens with zero attached hydrogens (tertiary/aromatic N) is 1. The van der Waals surface area contributed by atoms with E-state index in [1.165, 1.54) is 0 Å². The highest BCUT2D eigenvalue weighted by atomic mass is 35.5. The molecule has 0 aliphatic carbocycles. The number of likely N-dealkylation sites (tertiary alicyclic amines) is 1. The molecule has 138 valence electrons. The molecule has 1 aromatic carbocycles. The van der Waals surface area contributed by atoms with E-state index in [0.717, 1.165) is 11.3 Å². The lowest BCUT2D eigenvalue weighted by Crippen LogP contribution is -2.44. The van der Waals surface area contributed by atoms with Gasteiger partial charge in [0, 0.05) is 9.90 Å². The number of amides is 2. The van der Waals surface area contributed by atoms with Gasteiger partial charge in [0.1, 0.15) is 0 Å². The van der Waals surface area contributed by atoms with Gasteiger partial charge < -0.3 is 10.6 Å². The Balaban J connectivity index is 1.56. The van der Waals surface area contributed by atoms with Crippen molar-refractivity contribution in [3.8, 4) is 0 Å². The highest BCUT2D eigenvalue weighted by Gasteiger charge is 2.32. The third-order valence-electron chi connectivity index (χ3n) is 4.24. The summed E-state index contributed by atoms with van der Waals surface area (Å²) in [7, 11) is 0. The lowest BCUT2D eigenvalue weighted by atomic mass is 10.2. The van der Waals surface area contributed by atoms with Crippen LogP contribution in [0.2, 0.25) is 10.0 Å². The first-order chi connectivity index (χ1) is 12.5. The maximum atomic E-state index is 12.6. The van der Waals surface area contributed by atoms with Gasteiger partial charge in [-0.2, -0.15) is 0 Å². The van der Waals surface area contributed by atoms with E-state index in [4.69, 9.17) is 23.2 Å². The molecule has 2 N–H and O–H groups in total. The summed E-state index contributed by atoms with van der Waals surface area (Å²) in [5.74, 6) is -0.253. The Morgan fingerprint density at radius 1 is 1.27 bits per heavy atom. The zero-order valence-electron chi connectivity index (χ0n) is 14.0. The van der Waals surface area contributed by atoms with Gasteiger partial charge in [0.2, 0.25) is 11.8 Å². The van der Waals surface area contributed by atoms with Crippen LogP contribution < -0.4 is 10.6 Å². The van der Waals surface area contributed by atoms with Gasteiger partial charge in [-0.25, -0.2) is 0 Å². The van der Waals surface area contributed by atoms with Crippen LogP contribution in [0.4, 0.5) is 5.69 Å². The second-order valence-electron chi connectivity index (χ2n) is 6.10. The first-order valence-corrected chi connectivity index (χ1v) is 9.95. The minimum Gasteiger partial charge on any atom is -0.350 e. The minimum absolute atomic E-state index is 0.0844. The van der Waals surface area contributed by atoms with E-state index in [1.807, 2.05) is 22.4 Å². The Morgan fingerprint density at radius 3 is 2.88 bits per heavy atom. The summed E-state index contributed by atoms with van der Waals surface area (Å²) in [5.41, 5.74) is 0.484. The van der Waals surface area contributed by atoms with Gasteiger partial charge in [-0.3, -0.25) is 14.5 Å². The number of nitrogens with one attached hydrogen (secondary N) is 2. The van der Waals surface area contributed by atoms with Gasteiger partial charge in [-0.15, -0.1) is 11.3 Å². The molecular weight excluding hydrogens is 393 g/mol. The number of halogens is 2. The second-order valence-corrected chi connectivity index (χ2v) is 7.97. The molecule has 3 rings (SSSR count). The topological polar surface area (TPSA) is 61.4 Å². The number of benzene rings is 1. The first kappa shape index (κ1) is 19.2. The molecule has 1 fully saturated rings. The molecule has 26 heavy (non-hydrogen) atoms. The molecule has 2 amide bonds.